The molecule has 0 unspecified atom stereocenters. The molecule has 1 fully saturated rings. The summed E-state index contributed by atoms with van der Waals surface area (Å²) in [7, 11) is 1.39. The molecule has 3 amide bonds. The summed E-state index contributed by atoms with van der Waals surface area (Å²) in [5.41, 5.74) is 1.53. The second-order valence-corrected chi connectivity index (χ2v) is 7.31. The van der Waals surface area contributed by atoms with Gasteiger partial charge in [0, 0.05) is 23.4 Å². The minimum absolute atomic E-state index is 0.0440. The van der Waals surface area contributed by atoms with Gasteiger partial charge in [0.15, 0.2) is 0 Å². The highest BCUT2D eigenvalue weighted by atomic mass is 32.2. The molecule has 0 radical (unpaired) electrons. The normalized spacial score (nSPS) is 14.9. The van der Waals surface area contributed by atoms with Crippen molar-refractivity contribution in [1.29, 1.82) is 0 Å². The second kappa shape index (κ2) is 8.78. The minimum Gasteiger partial charge on any atom is -0.496 e. The number of ether oxygens (including phenoxy) is 1. The SMILES string of the molecule is COc1ccc([N+](=O)[O-])cc1/C=C1/SC(=O)N(CC(=O)Nc2ccccc2C)C1=O. The van der Waals surface area contributed by atoms with Crippen LogP contribution in [0.2, 0.25) is 0 Å². The molecule has 2 aromatic rings. The molecule has 0 bridgehead atoms. The minimum atomic E-state index is -0.654. The Morgan fingerprint density at radius 3 is 2.67 bits per heavy atom. The molecule has 1 saturated heterocycles. The Labute approximate surface area is 175 Å². The molecular formula is C20H17N3O6S. The van der Waals surface area contributed by atoms with Gasteiger partial charge in [0.25, 0.3) is 16.8 Å². The number of non-ortho nitro benzene ring substituents is 1. The van der Waals surface area contributed by atoms with Crippen LogP contribution in [0.3, 0.4) is 0 Å². The van der Waals surface area contributed by atoms with Gasteiger partial charge in [-0.05, 0) is 42.5 Å². The first-order valence-electron chi connectivity index (χ1n) is 8.73. The predicted molar refractivity (Wildman–Crippen MR) is 112 cm³/mol. The van der Waals surface area contributed by atoms with E-state index in [2.05, 4.69) is 5.32 Å². The molecule has 2 aromatic carbocycles. The summed E-state index contributed by atoms with van der Waals surface area (Å²) in [5.74, 6) is -0.857. The summed E-state index contributed by atoms with van der Waals surface area (Å²) in [6.07, 6.45) is 1.34. The molecule has 154 valence electrons. The summed E-state index contributed by atoms with van der Waals surface area (Å²) in [5, 5.41) is 13.1. The van der Waals surface area contributed by atoms with Crippen LogP contribution < -0.4 is 10.1 Å². The second-order valence-electron chi connectivity index (χ2n) is 6.31. The van der Waals surface area contributed by atoms with Crippen molar-refractivity contribution in [3.63, 3.8) is 0 Å². The number of nitrogens with one attached hydrogen (secondary N) is 1. The van der Waals surface area contributed by atoms with E-state index in [-0.39, 0.29) is 16.2 Å². The van der Waals surface area contributed by atoms with Crippen molar-refractivity contribution in [3.05, 3.63) is 68.6 Å². The van der Waals surface area contributed by atoms with Crippen molar-refractivity contribution < 1.29 is 24.0 Å². The molecule has 10 heteroatoms. The summed E-state index contributed by atoms with van der Waals surface area (Å²) in [6, 6.07) is 11.1. The Kier molecular flexibility index (Phi) is 6.17. The van der Waals surface area contributed by atoms with Crippen LogP contribution in [-0.4, -0.2) is 40.5 Å². The standard InChI is InChI=1S/C20H17N3O6S/c1-12-5-3-4-6-15(12)21-18(24)11-22-19(25)17(30-20(22)26)10-13-9-14(23(27)28)7-8-16(13)29-2/h3-10H,11H2,1-2H3,(H,21,24)/b17-10+. The lowest BCUT2D eigenvalue weighted by Crippen LogP contribution is -2.36. The topological polar surface area (TPSA) is 119 Å². The monoisotopic (exact) mass is 427 g/mol. The summed E-state index contributed by atoms with van der Waals surface area (Å²) < 4.78 is 5.17. The van der Waals surface area contributed by atoms with Crippen LogP contribution in [0.25, 0.3) is 6.08 Å². The lowest BCUT2D eigenvalue weighted by atomic mass is 10.1. The largest absolute Gasteiger partial charge is 0.496 e. The Morgan fingerprint density at radius 1 is 1.27 bits per heavy atom. The first-order chi connectivity index (χ1) is 14.3. The predicted octanol–water partition coefficient (Wildman–Crippen LogP) is 3.59. The van der Waals surface area contributed by atoms with Crippen LogP contribution in [0.1, 0.15) is 11.1 Å². The maximum absolute atomic E-state index is 12.7. The quantitative estimate of drug-likeness (QED) is 0.425. The van der Waals surface area contributed by atoms with E-state index < -0.39 is 28.5 Å². The molecule has 0 aromatic heterocycles. The zero-order valence-corrected chi connectivity index (χ0v) is 16.9. The van der Waals surface area contributed by atoms with E-state index in [1.54, 1.807) is 12.1 Å². The van der Waals surface area contributed by atoms with Crippen LogP contribution >= 0.6 is 11.8 Å². The van der Waals surface area contributed by atoms with E-state index in [1.165, 1.54) is 31.4 Å². The number of para-hydroxylation sites is 1. The molecule has 0 aliphatic carbocycles. The van der Waals surface area contributed by atoms with Crippen LogP contribution in [0, 0.1) is 17.0 Å². The Bertz CT molecular complexity index is 1080. The average Bonchev–Trinajstić information content (AvgIpc) is 2.97. The lowest BCUT2D eigenvalue weighted by molar-refractivity contribution is -0.384. The molecule has 3 rings (SSSR count). The first-order valence-corrected chi connectivity index (χ1v) is 9.55. The zero-order chi connectivity index (χ0) is 21.8. The Morgan fingerprint density at radius 2 is 2.00 bits per heavy atom. The number of methoxy groups -OCH3 is 1. The molecule has 1 aliphatic rings. The number of carbonyl (C=O) groups is 3. The van der Waals surface area contributed by atoms with E-state index >= 15 is 0 Å². The molecule has 30 heavy (non-hydrogen) atoms. The Balaban J connectivity index is 1.79. The van der Waals surface area contributed by atoms with Gasteiger partial charge in [0.05, 0.1) is 16.9 Å². The number of benzene rings is 2. The molecule has 1 aliphatic heterocycles. The molecular weight excluding hydrogens is 410 g/mol. The number of anilines is 1. The number of rotatable bonds is 6. The van der Waals surface area contributed by atoms with E-state index in [1.807, 2.05) is 19.1 Å². The van der Waals surface area contributed by atoms with Crippen LogP contribution in [0.15, 0.2) is 47.4 Å². The molecule has 9 nitrogen and oxygen atoms in total. The highest BCUT2D eigenvalue weighted by Crippen LogP contribution is 2.35. The molecule has 0 spiro atoms. The number of thioether (sulfide) groups is 1. The molecule has 1 N–H and O–H groups in total. The van der Waals surface area contributed by atoms with Crippen molar-refractivity contribution in [3.8, 4) is 5.75 Å². The van der Waals surface area contributed by atoms with Crippen molar-refractivity contribution in [2.24, 2.45) is 0 Å². The maximum atomic E-state index is 12.7. The Hall–Kier alpha value is -3.66. The van der Waals surface area contributed by atoms with E-state index in [9.17, 15) is 24.5 Å². The van der Waals surface area contributed by atoms with Gasteiger partial charge in [-0.25, -0.2) is 0 Å². The van der Waals surface area contributed by atoms with Gasteiger partial charge in [0.1, 0.15) is 12.3 Å². The third-order valence-corrected chi connectivity index (χ3v) is 5.21. The van der Waals surface area contributed by atoms with Gasteiger partial charge in [0.2, 0.25) is 5.91 Å². The third kappa shape index (κ3) is 4.49. The van der Waals surface area contributed by atoms with Crippen molar-refractivity contribution in [1.82, 2.24) is 4.90 Å². The number of hydrogen-bond acceptors (Lipinski definition) is 7. The zero-order valence-electron chi connectivity index (χ0n) is 16.1. The maximum Gasteiger partial charge on any atom is 0.294 e. The van der Waals surface area contributed by atoms with Gasteiger partial charge in [-0.15, -0.1) is 0 Å². The van der Waals surface area contributed by atoms with Crippen LogP contribution in [0.4, 0.5) is 16.2 Å². The summed E-state index contributed by atoms with van der Waals surface area (Å²) >= 11 is 0.655. The smallest absolute Gasteiger partial charge is 0.294 e. The van der Waals surface area contributed by atoms with Gasteiger partial charge < -0.3 is 10.1 Å². The van der Waals surface area contributed by atoms with Crippen LogP contribution in [-0.2, 0) is 9.59 Å². The molecule has 0 atom stereocenters. The number of nitro groups is 1. The number of aryl methyl sites for hydroxylation is 1. The van der Waals surface area contributed by atoms with Gasteiger partial charge in [-0.1, -0.05) is 18.2 Å². The van der Waals surface area contributed by atoms with Crippen molar-refractivity contribution >= 4 is 46.3 Å². The van der Waals surface area contributed by atoms with E-state index in [4.69, 9.17) is 4.74 Å². The number of hydrogen-bond donors (Lipinski definition) is 1. The fourth-order valence-electron chi connectivity index (χ4n) is 2.77. The van der Waals surface area contributed by atoms with E-state index in [0.717, 1.165) is 10.5 Å². The fourth-order valence-corrected chi connectivity index (χ4v) is 3.60. The van der Waals surface area contributed by atoms with E-state index in [0.29, 0.717) is 23.2 Å². The highest BCUT2D eigenvalue weighted by Gasteiger charge is 2.36. The third-order valence-electron chi connectivity index (χ3n) is 4.31. The summed E-state index contributed by atoms with van der Waals surface area (Å²) in [6.45, 7) is 1.38. The number of nitro benzene ring substituents is 1. The number of amides is 3. The van der Waals surface area contributed by atoms with Crippen LogP contribution in [0.5, 0.6) is 5.75 Å². The molecule has 1 heterocycles. The number of nitrogens with zero attached hydrogens (tertiary/aromatic N) is 2. The van der Waals surface area contributed by atoms with Crippen molar-refractivity contribution in [2.75, 3.05) is 19.0 Å². The van der Waals surface area contributed by atoms with Gasteiger partial charge >= 0.3 is 0 Å². The number of carbonyl (C=O) groups excluding carboxylic acids is 3. The molecule has 0 saturated carbocycles. The number of imide groups is 1. The lowest BCUT2D eigenvalue weighted by Gasteiger charge is -2.13. The fraction of sp³-hybridized carbons (Fsp3) is 0.150. The summed E-state index contributed by atoms with van der Waals surface area (Å²) in [4.78, 5) is 48.6. The van der Waals surface area contributed by atoms with Gasteiger partial charge in [-0.2, -0.15) is 0 Å². The highest BCUT2D eigenvalue weighted by molar-refractivity contribution is 8.18. The van der Waals surface area contributed by atoms with Gasteiger partial charge in [-0.3, -0.25) is 29.4 Å². The van der Waals surface area contributed by atoms with Crippen molar-refractivity contribution in [2.45, 2.75) is 6.92 Å². The average molecular weight is 427 g/mol. The first kappa shape index (κ1) is 21.1.